The number of esters is 1. The van der Waals surface area contributed by atoms with Crippen molar-refractivity contribution in [3.63, 3.8) is 0 Å². The summed E-state index contributed by atoms with van der Waals surface area (Å²) in [5.74, 6) is -0.389. The predicted molar refractivity (Wildman–Crippen MR) is 103 cm³/mol. The van der Waals surface area contributed by atoms with Crippen LogP contribution >= 0.6 is 11.8 Å². The molecule has 0 saturated carbocycles. The number of hydrogen-bond acceptors (Lipinski definition) is 6. The molecule has 0 aliphatic rings. The first-order valence-electron chi connectivity index (χ1n) is 8.29. The number of thioether (sulfide) groups is 1. The number of nitrogens with zero attached hydrogens (tertiary/aromatic N) is 4. The first-order valence-corrected chi connectivity index (χ1v) is 9.17. The second-order valence-corrected chi connectivity index (χ2v) is 7.44. The van der Waals surface area contributed by atoms with Gasteiger partial charge in [0.15, 0.2) is 16.3 Å². The van der Waals surface area contributed by atoms with Crippen molar-refractivity contribution in [2.24, 2.45) is 14.1 Å². The maximum atomic E-state index is 12.8. The van der Waals surface area contributed by atoms with Crippen LogP contribution in [0.3, 0.4) is 0 Å². The van der Waals surface area contributed by atoms with Crippen molar-refractivity contribution < 1.29 is 9.53 Å². The van der Waals surface area contributed by atoms with Gasteiger partial charge in [0.2, 0.25) is 0 Å². The van der Waals surface area contributed by atoms with Crippen LogP contribution < -0.4 is 11.2 Å². The standard InChI is InChI=1S/C18H20N4O4S/c1-11(16(24)26-4)27-17-19-14-13(15(23)21(3)18(25)20(14)2)22(17)10-12-8-6-5-7-9-12/h5-9,11H,10H2,1-4H3/t11-/m0/s1. The molecule has 0 fully saturated rings. The highest BCUT2D eigenvalue weighted by Crippen LogP contribution is 2.27. The van der Waals surface area contributed by atoms with Gasteiger partial charge in [-0.1, -0.05) is 42.1 Å². The van der Waals surface area contributed by atoms with Gasteiger partial charge in [-0.2, -0.15) is 0 Å². The number of rotatable bonds is 5. The van der Waals surface area contributed by atoms with Gasteiger partial charge in [0.05, 0.1) is 13.7 Å². The van der Waals surface area contributed by atoms with E-state index < -0.39 is 16.5 Å². The van der Waals surface area contributed by atoms with Crippen LogP contribution in [0.4, 0.5) is 0 Å². The third kappa shape index (κ3) is 3.42. The predicted octanol–water partition coefficient (Wildman–Crippen LogP) is 1.14. The van der Waals surface area contributed by atoms with E-state index in [0.717, 1.165) is 10.1 Å². The van der Waals surface area contributed by atoms with Gasteiger partial charge in [-0.3, -0.25) is 18.7 Å². The van der Waals surface area contributed by atoms with E-state index in [-0.39, 0.29) is 5.97 Å². The fourth-order valence-corrected chi connectivity index (χ4v) is 3.73. The minimum atomic E-state index is -0.512. The van der Waals surface area contributed by atoms with Gasteiger partial charge in [-0.15, -0.1) is 0 Å². The van der Waals surface area contributed by atoms with Gasteiger partial charge in [0, 0.05) is 14.1 Å². The van der Waals surface area contributed by atoms with E-state index in [4.69, 9.17) is 4.74 Å². The summed E-state index contributed by atoms with van der Waals surface area (Å²) in [6.07, 6.45) is 0. The average Bonchev–Trinajstić information content (AvgIpc) is 3.02. The molecule has 142 valence electrons. The van der Waals surface area contributed by atoms with Crippen molar-refractivity contribution in [1.29, 1.82) is 0 Å². The van der Waals surface area contributed by atoms with Crippen LogP contribution in [-0.2, 0) is 30.2 Å². The van der Waals surface area contributed by atoms with Gasteiger partial charge in [-0.05, 0) is 12.5 Å². The van der Waals surface area contributed by atoms with Gasteiger partial charge in [0.1, 0.15) is 5.25 Å². The number of aryl methyl sites for hydroxylation is 1. The molecule has 2 heterocycles. The fraction of sp³-hybridized carbons (Fsp3) is 0.333. The molecule has 1 aromatic carbocycles. The van der Waals surface area contributed by atoms with Crippen LogP contribution in [0, 0.1) is 0 Å². The summed E-state index contributed by atoms with van der Waals surface area (Å²) in [6.45, 7) is 2.10. The lowest BCUT2D eigenvalue weighted by Gasteiger charge is -2.12. The van der Waals surface area contributed by atoms with Crippen molar-refractivity contribution in [3.8, 4) is 0 Å². The number of benzene rings is 1. The Balaban J connectivity index is 2.24. The fourth-order valence-electron chi connectivity index (χ4n) is 2.80. The molecule has 0 saturated heterocycles. The van der Waals surface area contributed by atoms with E-state index in [1.165, 1.54) is 30.5 Å². The minimum Gasteiger partial charge on any atom is -0.468 e. The lowest BCUT2D eigenvalue weighted by molar-refractivity contribution is -0.139. The maximum absolute atomic E-state index is 12.8. The second kappa shape index (κ2) is 7.43. The molecule has 8 nitrogen and oxygen atoms in total. The lowest BCUT2D eigenvalue weighted by Crippen LogP contribution is -2.37. The van der Waals surface area contributed by atoms with E-state index >= 15 is 0 Å². The Morgan fingerprint density at radius 1 is 1.19 bits per heavy atom. The summed E-state index contributed by atoms with van der Waals surface area (Å²) >= 11 is 1.19. The maximum Gasteiger partial charge on any atom is 0.332 e. The van der Waals surface area contributed by atoms with Crippen molar-refractivity contribution in [2.75, 3.05) is 7.11 Å². The average molecular weight is 388 g/mol. The van der Waals surface area contributed by atoms with Crippen LogP contribution in [0.5, 0.6) is 0 Å². The molecule has 2 aromatic heterocycles. The third-order valence-corrected chi connectivity index (χ3v) is 5.38. The van der Waals surface area contributed by atoms with Crippen LogP contribution in [0.1, 0.15) is 12.5 Å². The lowest BCUT2D eigenvalue weighted by atomic mass is 10.2. The van der Waals surface area contributed by atoms with Crippen molar-refractivity contribution in [3.05, 3.63) is 56.7 Å². The number of methoxy groups -OCH3 is 1. The van der Waals surface area contributed by atoms with Crippen LogP contribution in [0.2, 0.25) is 0 Å². The molecule has 0 spiro atoms. The molecule has 3 aromatic rings. The Labute approximate surface area is 159 Å². The first-order chi connectivity index (χ1) is 12.8. The smallest absolute Gasteiger partial charge is 0.332 e. The number of hydrogen-bond donors (Lipinski definition) is 0. The summed E-state index contributed by atoms with van der Waals surface area (Å²) in [6, 6.07) is 9.61. The van der Waals surface area contributed by atoms with Gasteiger partial charge in [0.25, 0.3) is 5.56 Å². The number of imidazole rings is 1. The Kier molecular flexibility index (Phi) is 5.22. The van der Waals surface area contributed by atoms with Gasteiger partial charge in [-0.25, -0.2) is 9.78 Å². The van der Waals surface area contributed by atoms with E-state index in [1.807, 2.05) is 30.3 Å². The number of ether oxygens (including phenoxy) is 1. The monoisotopic (exact) mass is 388 g/mol. The number of carbonyl (C=O) groups excluding carboxylic acids is 1. The van der Waals surface area contributed by atoms with E-state index in [1.54, 1.807) is 18.5 Å². The van der Waals surface area contributed by atoms with Gasteiger partial charge >= 0.3 is 11.7 Å². The molecule has 0 aliphatic heterocycles. The zero-order valence-electron chi connectivity index (χ0n) is 15.5. The summed E-state index contributed by atoms with van der Waals surface area (Å²) < 4.78 is 8.93. The number of aromatic nitrogens is 4. The SMILES string of the molecule is COC(=O)[C@H](C)Sc1nc2c(c(=O)n(C)c(=O)n2C)n1Cc1ccccc1. The molecule has 0 amide bonds. The van der Waals surface area contributed by atoms with E-state index in [9.17, 15) is 14.4 Å². The highest BCUT2D eigenvalue weighted by Gasteiger charge is 2.23. The Hall–Kier alpha value is -2.81. The third-order valence-electron chi connectivity index (χ3n) is 4.31. The Morgan fingerprint density at radius 2 is 1.85 bits per heavy atom. The Morgan fingerprint density at radius 3 is 2.48 bits per heavy atom. The summed E-state index contributed by atoms with van der Waals surface area (Å²) in [7, 11) is 4.34. The molecule has 0 bridgehead atoms. The summed E-state index contributed by atoms with van der Waals surface area (Å²) in [5.41, 5.74) is 0.713. The van der Waals surface area contributed by atoms with Crippen molar-refractivity contribution in [2.45, 2.75) is 23.9 Å². The molecule has 0 aliphatic carbocycles. The van der Waals surface area contributed by atoms with E-state index in [2.05, 4.69) is 4.98 Å². The zero-order valence-corrected chi connectivity index (χ0v) is 16.3. The molecular weight excluding hydrogens is 368 g/mol. The summed E-state index contributed by atoms with van der Waals surface area (Å²) in [4.78, 5) is 41.4. The Bertz CT molecular complexity index is 1110. The molecule has 3 rings (SSSR count). The molecule has 0 radical (unpaired) electrons. The van der Waals surface area contributed by atoms with Crippen LogP contribution in [0.25, 0.3) is 11.2 Å². The zero-order chi connectivity index (χ0) is 19.7. The quantitative estimate of drug-likeness (QED) is 0.481. The molecule has 9 heteroatoms. The van der Waals surface area contributed by atoms with E-state index in [0.29, 0.717) is 22.9 Å². The van der Waals surface area contributed by atoms with Crippen LogP contribution in [-0.4, -0.2) is 37.0 Å². The highest BCUT2D eigenvalue weighted by atomic mass is 32.2. The number of fused-ring (bicyclic) bond motifs is 1. The molecule has 27 heavy (non-hydrogen) atoms. The van der Waals surface area contributed by atoms with Gasteiger partial charge < -0.3 is 9.30 Å². The minimum absolute atomic E-state index is 0.290. The van der Waals surface area contributed by atoms with Crippen LogP contribution in [0.15, 0.2) is 45.1 Å². The summed E-state index contributed by atoms with van der Waals surface area (Å²) in [5, 5.41) is -0.0349. The largest absolute Gasteiger partial charge is 0.468 e. The molecule has 0 N–H and O–H groups in total. The highest BCUT2D eigenvalue weighted by molar-refractivity contribution is 8.00. The normalized spacial score (nSPS) is 12.3. The number of carbonyl (C=O) groups is 1. The molecular formula is C18H20N4O4S. The van der Waals surface area contributed by atoms with Crippen molar-refractivity contribution >= 4 is 28.9 Å². The first kappa shape index (κ1) is 19.0. The van der Waals surface area contributed by atoms with Crippen molar-refractivity contribution in [1.82, 2.24) is 18.7 Å². The molecule has 0 unspecified atom stereocenters. The second-order valence-electron chi connectivity index (χ2n) is 6.13. The molecule has 1 atom stereocenters. The topological polar surface area (TPSA) is 88.1 Å².